The van der Waals surface area contributed by atoms with E-state index in [0.717, 1.165) is 12.1 Å². The van der Waals surface area contributed by atoms with E-state index in [0.29, 0.717) is 13.1 Å². The number of H-pyrrole nitrogens is 2. The van der Waals surface area contributed by atoms with Crippen LogP contribution < -0.4 is 11.1 Å². The van der Waals surface area contributed by atoms with Crippen molar-refractivity contribution in [1.82, 2.24) is 20.0 Å². The summed E-state index contributed by atoms with van der Waals surface area (Å²) in [7, 11) is 2.04. The molecule has 2 heterocycles. The van der Waals surface area contributed by atoms with Crippen LogP contribution in [0.5, 0.6) is 0 Å². The minimum atomic E-state index is -0.434. The number of amides is 1. The second-order valence-corrected chi connectivity index (χ2v) is 6.04. The molecule has 1 fully saturated rings. The number of piperazine rings is 1. The molecule has 7 heteroatoms. The topological polar surface area (TPSA) is 89.3 Å². The molecule has 2 aromatic rings. The lowest BCUT2D eigenvalue weighted by molar-refractivity contribution is -0.133. The van der Waals surface area contributed by atoms with Gasteiger partial charge >= 0.3 is 0 Å². The second-order valence-electron chi connectivity index (χ2n) is 6.04. The molecule has 126 valence electrons. The van der Waals surface area contributed by atoms with Gasteiger partial charge in [0.05, 0.1) is 12.5 Å². The minimum Gasteiger partial charge on any atom is -0.339 e. The third-order valence-electron chi connectivity index (χ3n) is 4.42. The molecule has 1 atom stereocenters. The van der Waals surface area contributed by atoms with Crippen LogP contribution in [0.1, 0.15) is 17.2 Å². The lowest BCUT2D eigenvalue weighted by Crippen LogP contribution is -2.49. The van der Waals surface area contributed by atoms with Crippen LogP contribution in [0, 0.1) is 0 Å². The maximum absolute atomic E-state index is 12.6. The Bertz CT molecular complexity index is 827. The van der Waals surface area contributed by atoms with Gasteiger partial charge in [-0.25, -0.2) is 0 Å². The van der Waals surface area contributed by atoms with Gasteiger partial charge in [0.15, 0.2) is 0 Å². The van der Waals surface area contributed by atoms with Crippen LogP contribution in [0.2, 0.25) is 0 Å². The SMILES string of the molecule is CN1CCN(C(=O)Cc2cc(=O)[nH][nH]c2=O)CC1c1ccccc1. The quantitative estimate of drug-likeness (QED) is 0.838. The van der Waals surface area contributed by atoms with Gasteiger partial charge in [-0.05, 0) is 12.6 Å². The number of rotatable bonds is 3. The highest BCUT2D eigenvalue weighted by atomic mass is 16.2. The molecule has 0 saturated carbocycles. The number of hydrogen-bond donors (Lipinski definition) is 2. The van der Waals surface area contributed by atoms with Crippen LogP contribution in [-0.2, 0) is 11.2 Å². The van der Waals surface area contributed by atoms with Gasteiger partial charge in [0.1, 0.15) is 0 Å². The summed E-state index contributed by atoms with van der Waals surface area (Å²) < 4.78 is 0. The molecule has 1 aromatic heterocycles. The van der Waals surface area contributed by atoms with Gasteiger partial charge in [-0.1, -0.05) is 30.3 Å². The summed E-state index contributed by atoms with van der Waals surface area (Å²) >= 11 is 0. The summed E-state index contributed by atoms with van der Waals surface area (Å²) in [5.74, 6) is -0.139. The normalized spacial score (nSPS) is 18.5. The number of aromatic nitrogens is 2. The van der Waals surface area contributed by atoms with Crippen molar-refractivity contribution in [1.29, 1.82) is 0 Å². The Hall–Kier alpha value is -2.67. The minimum absolute atomic E-state index is 0.0650. The van der Waals surface area contributed by atoms with Crippen molar-refractivity contribution in [2.45, 2.75) is 12.5 Å². The Labute approximate surface area is 138 Å². The molecule has 1 saturated heterocycles. The van der Waals surface area contributed by atoms with Crippen LogP contribution in [0.25, 0.3) is 0 Å². The van der Waals surface area contributed by atoms with Gasteiger partial charge in [-0.3, -0.25) is 29.5 Å². The zero-order valence-electron chi connectivity index (χ0n) is 13.5. The summed E-state index contributed by atoms with van der Waals surface area (Å²) in [5, 5.41) is 4.45. The summed E-state index contributed by atoms with van der Waals surface area (Å²) in [5.41, 5.74) is 0.500. The molecule has 0 bridgehead atoms. The second kappa shape index (κ2) is 6.84. The lowest BCUT2D eigenvalue weighted by atomic mass is 10.0. The average Bonchev–Trinajstić information content (AvgIpc) is 2.59. The number of aromatic amines is 2. The predicted octanol–water partition coefficient (Wildman–Crippen LogP) is 0.121. The van der Waals surface area contributed by atoms with E-state index in [1.807, 2.05) is 25.2 Å². The average molecular weight is 328 g/mol. The summed E-state index contributed by atoms with van der Waals surface area (Å²) in [4.78, 5) is 39.6. The zero-order valence-corrected chi connectivity index (χ0v) is 13.5. The van der Waals surface area contributed by atoms with Gasteiger partial charge in [0.25, 0.3) is 11.1 Å². The third-order valence-corrected chi connectivity index (χ3v) is 4.42. The van der Waals surface area contributed by atoms with E-state index >= 15 is 0 Å². The molecule has 7 nitrogen and oxygen atoms in total. The first kappa shape index (κ1) is 16.2. The third kappa shape index (κ3) is 3.46. The Morgan fingerprint density at radius 1 is 1.17 bits per heavy atom. The van der Waals surface area contributed by atoms with E-state index in [1.54, 1.807) is 4.90 Å². The molecule has 1 unspecified atom stereocenters. The Morgan fingerprint density at radius 3 is 2.67 bits per heavy atom. The van der Waals surface area contributed by atoms with E-state index in [4.69, 9.17) is 0 Å². The molecule has 1 aliphatic heterocycles. The molecule has 0 spiro atoms. The Balaban J connectivity index is 1.75. The van der Waals surface area contributed by atoms with Crippen molar-refractivity contribution < 1.29 is 4.79 Å². The molecular weight excluding hydrogens is 308 g/mol. The van der Waals surface area contributed by atoms with Crippen molar-refractivity contribution in [3.8, 4) is 0 Å². The number of benzene rings is 1. The molecule has 1 aliphatic rings. The van der Waals surface area contributed by atoms with Crippen LogP contribution in [-0.4, -0.2) is 52.6 Å². The number of carbonyl (C=O) groups is 1. The van der Waals surface area contributed by atoms with Crippen LogP contribution >= 0.6 is 0 Å². The molecular formula is C17H20N4O3. The molecule has 24 heavy (non-hydrogen) atoms. The monoisotopic (exact) mass is 328 g/mol. The fourth-order valence-corrected chi connectivity index (χ4v) is 3.00. The lowest BCUT2D eigenvalue weighted by Gasteiger charge is -2.39. The number of nitrogens with zero attached hydrogens (tertiary/aromatic N) is 2. The first-order chi connectivity index (χ1) is 11.5. The van der Waals surface area contributed by atoms with Crippen molar-refractivity contribution >= 4 is 5.91 Å². The van der Waals surface area contributed by atoms with Gasteiger partial charge in [0, 0.05) is 31.3 Å². The van der Waals surface area contributed by atoms with Crippen molar-refractivity contribution in [3.63, 3.8) is 0 Å². The number of carbonyl (C=O) groups excluding carboxylic acids is 1. The van der Waals surface area contributed by atoms with Crippen molar-refractivity contribution in [2.24, 2.45) is 0 Å². The van der Waals surface area contributed by atoms with Gasteiger partial charge in [-0.2, -0.15) is 0 Å². The number of nitrogens with one attached hydrogen (secondary N) is 2. The smallest absolute Gasteiger partial charge is 0.266 e. The first-order valence-corrected chi connectivity index (χ1v) is 7.88. The summed E-state index contributed by atoms with van der Waals surface area (Å²) in [6.45, 7) is 1.94. The maximum Gasteiger partial charge on any atom is 0.266 e. The van der Waals surface area contributed by atoms with Gasteiger partial charge in [-0.15, -0.1) is 0 Å². The molecule has 0 aliphatic carbocycles. The van der Waals surface area contributed by atoms with E-state index < -0.39 is 11.1 Å². The largest absolute Gasteiger partial charge is 0.339 e. The molecule has 1 amide bonds. The van der Waals surface area contributed by atoms with Crippen LogP contribution in [0.4, 0.5) is 0 Å². The molecule has 2 N–H and O–H groups in total. The zero-order chi connectivity index (χ0) is 17.1. The molecule has 3 rings (SSSR count). The summed E-state index contributed by atoms with van der Waals surface area (Å²) in [6.07, 6.45) is -0.0650. The van der Waals surface area contributed by atoms with Crippen molar-refractivity contribution in [2.75, 3.05) is 26.7 Å². The fraction of sp³-hybridized carbons (Fsp3) is 0.353. The highest BCUT2D eigenvalue weighted by Crippen LogP contribution is 2.24. The fourth-order valence-electron chi connectivity index (χ4n) is 3.00. The van der Waals surface area contributed by atoms with E-state index in [9.17, 15) is 14.4 Å². The predicted molar refractivity (Wildman–Crippen MR) is 89.8 cm³/mol. The molecule has 1 aromatic carbocycles. The maximum atomic E-state index is 12.6. The van der Waals surface area contributed by atoms with Gasteiger partial charge in [0.2, 0.25) is 5.91 Å². The Kier molecular flexibility index (Phi) is 4.61. The van der Waals surface area contributed by atoms with Gasteiger partial charge < -0.3 is 4.90 Å². The summed E-state index contributed by atoms with van der Waals surface area (Å²) in [6, 6.07) is 11.4. The highest BCUT2D eigenvalue weighted by molar-refractivity contribution is 5.78. The standard InChI is InChI=1S/C17H20N4O3/c1-20-7-8-21(11-14(20)12-5-3-2-4-6-12)16(23)10-13-9-15(22)18-19-17(13)24/h2-6,9,14H,7-8,10-11H2,1H3,(H,18,22)(H,19,24). The van der Waals surface area contributed by atoms with Crippen LogP contribution in [0.15, 0.2) is 46.0 Å². The number of hydrogen-bond acceptors (Lipinski definition) is 4. The van der Waals surface area contributed by atoms with Crippen LogP contribution in [0.3, 0.4) is 0 Å². The van der Waals surface area contributed by atoms with E-state index in [2.05, 4.69) is 27.2 Å². The number of likely N-dealkylation sites (N-methyl/N-ethyl adjacent to an activating group) is 1. The molecule has 0 radical (unpaired) electrons. The van der Waals surface area contributed by atoms with E-state index in [1.165, 1.54) is 6.07 Å². The Morgan fingerprint density at radius 2 is 1.92 bits per heavy atom. The highest BCUT2D eigenvalue weighted by Gasteiger charge is 2.28. The van der Waals surface area contributed by atoms with E-state index in [-0.39, 0.29) is 23.9 Å². The first-order valence-electron chi connectivity index (χ1n) is 7.88. The van der Waals surface area contributed by atoms with Crippen molar-refractivity contribution in [3.05, 3.63) is 68.2 Å².